The van der Waals surface area contributed by atoms with Crippen molar-refractivity contribution in [1.29, 1.82) is 0 Å². The van der Waals surface area contributed by atoms with Gasteiger partial charge in [-0.05, 0) is 24.6 Å². The summed E-state index contributed by atoms with van der Waals surface area (Å²) in [5.74, 6) is -0.156. The van der Waals surface area contributed by atoms with Gasteiger partial charge in [-0.2, -0.15) is 0 Å². The quantitative estimate of drug-likeness (QED) is 0.876. The number of amides is 2. The Morgan fingerprint density at radius 3 is 2.50 bits per heavy atom. The summed E-state index contributed by atoms with van der Waals surface area (Å²) in [6, 6.07) is 15.1. The molecule has 4 nitrogen and oxygen atoms in total. The van der Waals surface area contributed by atoms with Crippen LogP contribution in [0.1, 0.15) is 30.5 Å². The number of fused-ring (bicyclic) bond motifs is 1. The van der Waals surface area contributed by atoms with E-state index in [9.17, 15) is 9.59 Å². The van der Waals surface area contributed by atoms with E-state index < -0.39 is 0 Å². The molecule has 0 aliphatic carbocycles. The van der Waals surface area contributed by atoms with Crippen LogP contribution in [0.2, 0.25) is 0 Å². The fourth-order valence-corrected chi connectivity index (χ4v) is 2.87. The summed E-state index contributed by atoms with van der Waals surface area (Å²) in [6.45, 7) is 3.55. The molecule has 1 heterocycles. The number of hydrogen-bond donors (Lipinski definition) is 1. The van der Waals surface area contributed by atoms with Gasteiger partial charge >= 0.3 is 0 Å². The molecule has 0 radical (unpaired) electrons. The van der Waals surface area contributed by atoms with Gasteiger partial charge in [0.1, 0.15) is 0 Å². The second kappa shape index (κ2) is 5.64. The summed E-state index contributed by atoms with van der Waals surface area (Å²) >= 11 is 0. The van der Waals surface area contributed by atoms with Crippen molar-refractivity contribution in [3.63, 3.8) is 0 Å². The Kier molecular flexibility index (Phi) is 3.67. The minimum Gasteiger partial charge on any atom is -0.324 e. The monoisotopic (exact) mass is 294 g/mol. The number of benzene rings is 2. The molecule has 0 bridgehead atoms. The lowest BCUT2D eigenvalue weighted by molar-refractivity contribution is -0.118. The van der Waals surface area contributed by atoms with E-state index in [2.05, 4.69) is 5.32 Å². The van der Waals surface area contributed by atoms with E-state index in [-0.39, 0.29) is 24.3 Å². The molecule has 1 N–H and O–H groups in total. The van der Waals surface area contributed by atoms with Gasteiger partial charge in [0.25, 0.3) is 0 Å². The lowest BCUT2D eigenvalue weighted by Crippen LogP contribution is -2.33. The van der Waals surface area contributed by atoms with E-state index in [0.29, 0.717) is 5.69 Å². The predicted molar refractivity (Wildman–Crippen MR) is 86.8 cm³/mol. The maximum atomic E-state index is 12.3. The first-order valence-corrected chi connectivity index (χ1v) is 7.31. The van der Waals surface area contributed by atoms with Gasteiger partial charge in [-0.25, -0.2) is 0 Å². The minimum atomic E-state index is -0.290. The van der Waals surface area contributed by atoms with Crippen molar-refractivity contribution in [3.05, 3.63) is 59.7 Å². The Hall–Kier alpha value is -2.62. The first-order chi connectivity index (χ1) is 10.6. The van der Waals surface area contributed by atoms with Crippen LogP contribution in [0.25, 0.3) is 0 Å². The third kappa shape index (κ3) is 2.60. The smallest absolute Gasteiger partial charge is 0.226 e. The molecule has 0 saturated heterocycles. The predicted octanol–water partition coefficient (Wildman–Crippen LogP) is 3.43. The lowest BCUT2D eigenvalue weighted by Gasteiger charge is -2.29. The summed E-state index contributed by atoms with van der Waals surface area (Å²) in [7, 11) is 0. The molecule has 4 heteroatoms. The second-order valence-corrected chi connectivity index (χ2v) is 5.58. The Morgan fingerprint density at radius 2 is 1.82 bits per heavy atom. The summed E-state index contributed by atoms with van der Waals surface area (Å²) < 4.78 is 0. The highest BCUT2D eigenvalue weighted by molar-refractivity contribution is 6.03. The normalized spacial score (nSPS) is 17.5. The van der Waals surface area contributed by atoms with Gasteiger partial charge in [-0.1, -0.05) is 42.0 Å². The van der Waals surface area contributed by atoms with E-state index in [0.717, 1.165) is 16.8 Å². The molecular formula is C18H18N2O2. The third-order valence-electron chi connectivity index (χ3n) is 3.93. The van der Waals surface area contributed by atoms with E-state index in [4.69, 9.17) is 0 Å². The van der Waals surface area contributed by atoms with Crippen LogP contribution in [0.15, 0.2) is 48.5 Å². The SMILES string of the molecule is CC(=O)N1c2ccccc2NC(=O)C[C@H]1c1ccc(C)cc1. The summed E-state index contributed by atoms with van der Waals surface area (Å²) in [5.41, 5.74) is 3.54. The van der Waals surface area contributed by atoms with Crippen LogP contribution < -0.4 is 10.2 Å². The summed E-state index contributed by atoms with van der Waals surface area (Å²) in [5, 5.41) is 2.89. The average molecular weight is 294 g/mol. The Morgan fingerprint density at radius 1 is 1.14 bits per heavy atom. The highest BCUT2D eigenvalue weighted by Crippen LogP contribution is 2.37. The number of nitrogens with one attached hydrogen (secondary N) is 1. The first-order valence-electron chi connectivity index (χ1n) is 7.31. The van der Waals surface area contributed by atoms with Gasteiger partial charge in [-0.3, -0.25) is 9.59 Å². The van der Waals surface area contributed by atoms with E-state index >= 15 is 0 Å². The fourth-order valence-electron chi connectivity index (χ4n) is 2.87. The zero-order chi connectivity index (χ0) is 15.7. The first kappa shape index (κ1) is 14.3. The van der Waals surface area contributed by atoms with Crippen LogP contribution in [0.4, 0.5) is 11.4 Å². The molecule has 0 unspecified atom stereocenters. The molecule has 0 spiro atoms. The molecule has 0 aromatic heterocycles. The lowest BCUT2D eigenvalue weighted by atomic mass is 10.00. The average Bonchev–Trinajstić information content (AvgIpc) is 2.63. The van der Waals surface area contributed by atoms with Crippen molar-refractivity contribution in [2.24, 2.45) is 0 Å². The number of para-hydroxylation sites is 2. The van der Waals surface area contributed by atoms with E-state index in [1.165, 1.54) is 6.92 Å². The van der Waals surface area contributed by atoms with Crippen LogP contribution >= 0.6 is 0 Å². The topological polar surface area (TPSA) is 49.4 Å². The molecular weight excluding hydrogens is 276 g/mol. The number of nitrogens with zero attached hydrogens (tertiary/aromatic N) is 1. The van der Waals surface area contributed by atoms with Crippen LogP contribution in [0.5, 0.6) is 0 Å². The van der Waals surface area contributed by atoms with Crippen molar-refractivity contribution in [3.8, 4) is 0 Å². The van der Waals surface area contributed by atoms with Crippen molar-refractivity contribution in [1.82, 2.24) is 0 Å². The minimum absolute atomic E-state index is 0.0745. The Balaban J connectivity index is 2.13. The number of carbonyl (C=O) groups excluding carboxylic acids is 2. The standard InChI is InChI=1S/C18H18N2O2/c1-12-7-9-14(10-8-12)17-11-18(22)19-15-5-3-4-6-16(15)20(17)13(2)21/h3-10,17H,11H2,1-2H3,(H,19,22)/t17-/m0/s1. The molecule has 0 fully saturated rings. The molecule has 112 valence electrons. The van der Waals surface area contributed by atoms with Crippen LogP contribution in [0, 0.1) is 6.92 Å². The maximum absolute atomic E-state index is 12.3. The third-order valence-corrected chi connectivity index (χ3v) is 3.93. The zero-order valence-electron chi connectivity index (χ0n) is 12.7. The fraction of sp³-hybridized carbons (Fsp3) is 0.222. The van der Waals surface area contributed by atoms with Gasteiger partial charge in [0, 0.05) is 6.92 Å². The molecule has 1 aliphatic rings. The van der Waals surface area contributed by atoms with Gasteiger partial charge in [0.2, 0.25) is 11.8 Å². The molecule has 1 atom stereocenters. The number of rotatable bonds is 1. The van der Waals surface area contributed by atoms with Crippen molar-refractivity contribution < 1.29 is 9.59 Å². The van der Waals surface area contributed by atoms with Crippen LogP contribution in [0.3, 0.4) is 0 Å². The molecule has 2 aromatic carbocycles. The highest BCUT2D eigenvalue weighted by Gasteiger charge is 2.31. The number of aryl methyl sites for hydroxylation is 1. The number of carbonyl (C=O) groups is 2. The van der Waals surface area contributed by atoms with Gasteiger partial charge in [0.05, 0.1) is 23.8 Å². The molecule has 2 amide bonds. The van der Waals surface area contributed by atoms with Crippen molar-refractivity contribution in [2.45, 2.75) is 26.3 Å². The zero-order valence-corrected chi connectivity index (χ0v) is 12.7. The summed E-state index contributed by atoms with van der Waals surface area (Å²) in [6.07, 6.45) is 0.247. The molecule has 1 aliphatic heterocycles. The van der Waals surface area contributed by atoms with E-state index in [1.807, 2.05) is 55.5 Å². The van der Waals surface area contributed by atoms with Gasteiger partial charge < -0.3 is 10.2 Å². The molecule has 3 rings (SSSR count). The van der Waals surface area contributed by atoms with Gasteiger partial charge in [-0.15, -0.1) is 0 Å². The van der Waals surface area contributed by atoms with Gasteiger partial charge in [0.15, 0.2) is 0 Å². The molecule has 0 saturated carbocycles. The molecule has 2 aromatic rings. The number of anilines is 2. The van der Waals surface area contributed by atoms with Crippen molar-refractivity contribution >= 4 is 23.2 Å². The Bertz CT molecular complexity index is 722. The maximum Gasteiger partial charge on any atom is 0.226 e. The van der Waals surface area contributed by atoms with Crippen LogP contribution in [-0.2, 0) is 9.59 Å². The Labute approximate surface area is 129 Å². The highest BCUT2D eigenvalue weighted by atomic mass is 16.2. The molecule has 22 heavy (non-hydrogen) atoms. The number of hydrogen-bond acceptors (Lipinski definition) is 2. The van der Waals surface area contributed by atoms with E-state index in [1.54, 1.807) is 4.90 Å². The van der Waals surface area contributed by atoms with Crippen molar-refractivity contribution in [2.75, 3.05) is 10.2 Å². The largest absolute Gasteiger partial charge is 0.324 e. The summed E-state index contributed by atoms with van der Waals surface area (Å²) in [4.78, 5) is 26.2. The van der Waals surface area contributed by atoms with Crippen LogP contribution in [-0.4, -0.2) is 11.8 Å². The second-order valence-electron chi connectivity index (χ2n) is 5.58.